The van der Waals surface area contributed by atoms with Gasteiger partial charge >= 0.3 is 5.97 Å². The van der Waals surface area contributed by atoms with Crippen molar-refractivity contribution in [3.8, 4) is 0 Å². The third-order valence-corrected chi connectivity index (χ3v) is 3.87. The molecule has 4 heteroatoms. The Labute approximate surface area is 113 Å². The second-order valence-electron chi connectivity index (χ2n) is 5.32. The summed E-state index contributed by atoms with van der Waals surface area (Å²) in [5.41, 5.74) is 0.249. The maximum atomic E-state index is 13.6. The average molecular weight is 265 g/mol. The molecule has 0 amide bonds. The van der Waals surface area contributed by atoms with Gasteiger partial charge in [0.15, 0.2) is 0 Å². The van der Waals surface area contributed by atoms with E-state index in [1.54, 1.807) is 12.1 Å². The summed E-state index contributed by atoms with van der Waals surface area (Å²) in [6.45, 7) is 0.795. The van der Waals surface area contributed by atoms with E-state index in [0.29, 0.717) is 11.6 Å². The molecular weight excluding hydrogens is 245 g/mol. The average Bonchev–Trinajstić information content (AvgIpc) is 2.39. The van der Waals surface area contributed by atoms with E-state index in [2.05, 4.69) is 0 Å². The molecule has 1 fully saturated rings. The van der Waals surface area contributed by atoms with Crippen LogP contribution in [0, 0.1) is 11.7 Å². The van der Waals surface area contributed by atoms with Crippen molar-refractivity contribution in [3.63, 3.8) is 0 Å². The van der Waals surface area contributed by atoms with Crippen molar-refractivity contribution in [2.45, 2.75) is 32.1 Å². The monoisotopic (exact) mass is 265 g/mol. The molecule has 0 atom stereocenters. The zero-order valence-electron chi connectivity index (χ0n) is 11.2. The molecule has 1 aliphatic rings. The van der Waals surface area contributed by atoms with E-state index in [1.165, 1.54) is 38.2 Å². The minimum Gasteiger partial charge on any atom is -0.478 e. The fourth-order valence-corrected chi connectivity index (χ4v) is 2.90. The highest BCUT2D eigenvalue weighted by Gasteiger charge is 2.21. The highest BCUT2D eigenvalue weighted by atomic mass is 19.1. The van der Waals surface area contributed by atoms with Gasteiger partial charge in [-0.1, -0.05) is 25.3 Å². The van der Waals surface area contributed by atoms with Gasteiger partial charge in [0, 0.05) is 13.6 Å². The molecule has 0 spiro atoms. The summed E-state index contributed by atoms with van der Waals surface area (Å²) in [5, 5.41) is 9.13. The third-order valence-electron chi connectivity index (χ3n) is 3.87. The molecular formula is C15H20FNO2. The Hall–Kier alpha value is -1.58. The van der Waals surface area contributed by atoms with E-state index in [9.17, 15) is 9.18 Å². The zero-order chi connectivity index (χ0) is 13.8. The number of hydrogen-bond acceptors (Lipinski definition) is 2. The minimum absolute atomic E-state index is 0.221. The number of rotatable bonds is 4. The first-order valence-electron chi connectivity index (χ1n) is 6.82. The maximum absolute atomic E-state index is 13.6. The molecule has 19 heavy (non-hydrogen) atoms. The zero-order valence-corrected chi connectivity index (χ0v) is 11.2. The fourth-order valence-electron chi connectivity index (χ4n) is 2.90. The Bertz CT molecular complexity index is 455. The number of nitrogens with zero attached hydrogens (tertiary/aromatic N) is 1. The number of carboxylic acids is 1. The number of hydrogen-bond donors (Lipinski definition) is 1. The van der Waals surface area contributed by atoms with Crippen LogP contribution < -0.4 is 4.90 Å². The van der Waals surface area contributed by atoms with Gasteiger partial charge in [0.1, 0.15) is 11.4 Å². The molecule has 0 unspecified atom stereocenters. The molecule has 1 saturated carbocycles. The Morgan fingerprint density at radius 2 is 2.05 bits per heavy atom. The van der Waals surface area contributed by atoms with Gasteiger partial charge in [-0.25, -0.2) is 9.18 Å². The molecule has 1 aromatic rings. The number of carboxylic acid groups (broad SMARTS) is 1. The van der Waals surface area contributed by atoms with E-state index in [4.69, 9.17) is 5.11 Å². The molecule has 0 radical (unpaired) electrons. The van der Waals surface area contributed by atoms with Crippen molar-refractivity contribution in [1.29, 1.82) is 0 Å². The lowest BCUT2D eigenvalue weighted by atomic mass is 9.89. The lowest BCUT2D eigenvalue weighted by Crippen LogP contribution is -2.28. The van der Waals surface area contributed by atoms with Crippen molar-refractivity contribution in [2.75, 3.05) is 18.5 Å². The number of carbonyl (C=O) groups is 1. The lowest BCUT2D eigenvalue weighted by Gasteiger charge is -2.29. The van der Waals surface area contributed by atoms with Crippen molar-refractivity contribution in [2.24, 2.45) is 5.92 Å². The molecule has 0 aliphatic heterocycles. The summed E-state index contributed by atoms with van der Waals surface area (Å²) in [5.74, 6) is -1.28. The van der Waals surface area contributed by atoms with Gasteiger partial charge in [0.2, 0.25) is 0 Å². The summed E-state index contributed by atoms with van der Waals surface area (Å²) in [4.78, 5) is 13.1. The van der Waals surface area contributed by atoms with Crippen LogP contribution in [0.5, 0.6) is 0 Å². The van der Waals surface area contributed by atoms with Crippen LogP contribution in [0.15, 0.2) is 18.2 Å². The minimum atomic E-state index is -1.21. The normalized spacial score (nSPS) is 16.3. The van der Waals surface area contributed by atoms with Crippen LogP contribution in [0.4, 0.5) is 10.1 Å². The van der Waals surface area contributed by atoms with Gasteiger partial charge in [0.05, 0.1) is 5.69 Å². The van der Waals surface area contributed by atoms with E-state index < -0.39 is 11.8 Å². The van der Waals surface area contributed by atoms with Gasteiger partial charge in [0.25, 0.3) is 0 Å². The van der Waals surface area contributed by atoms with E-state index >= 15 is 0 Å². The van der Waals surface area contributed by atoms with Crippen molar-refractivity contribution >= 4 is 11.7 Å². The molecule has 0 saturated heterocycles. The van der Waals surface area contributed by atoms with Crippen LogP contribution in [0.2, 0.25) is 0 Å². The van der Waals surface area contributed by atoms with Crippen LogP contribution in [-0.2, 0) is 0 Å². The molecule has 1 N–H and O–H groups in total. The molecule has 3 nitrogen and oxygen atoms in total. The number of benzene rings is 1. The van der Waals surface area contributed by atoms with E-state index in [1.807, 2.05) is 11.9 Å². The van der Waals surface area contributed by atoms with Crippen molar-refractivity contribution < 1.29 is 14.3 Å². The van der Waals surface area contributed by atoms with Gasteiger partial charge in [-0.15, -0.1) is 0 Å². The van der Waals surface area contributed by atoms with Crippen LogP contribution in [-0.4, -0.2) is 24.7 Å². The number of aromatic carboxylic acids is 1. The van der Waals surface area contributed by atoms with Crippen LogP contribution in [0.3, 0.4) is 0 Å². The Morgan fingerprint density at radius 3 is 2.68 bits per heavy atom. The van der Waals surface area contributed by atoms with E-state index in [-0.39, 0.29) is 5.56 Å². The largest absolute Gasteiger partial charge is 0.478 e. The summed E-state index contributed by atoms with van der Waals surface area (Å²) in [7, 11) is 1.84. The number of halogens is 1. The lowest BCUT2D eigenvalue weighted by molar-refractivity contribution is 0.0692. The molecule has 1 aliphatic carbocycles. The Morgan fingerprint density at radius 1 is 1.37 bits per heavy atom. The van der Waals surface area contributed by atoms with Gasteiger partial charge < -0.3 is 10.0 Å². The standard InChI is InChI=1S/C15H20FNO2/c1-17(10-11-6-3-2-4-7-11)13-9-5-8-12(16)14(13)15(18)19/h5,8-9,11H,2-4,6-7,10H2,1H3,(H,18,19). The van der Waals surface area contributed by atoms with Crippen molar-refractivity contribution in [1.82, 2.24) is 0 Å². The quantitative estimate of drug-likeness (QED) is 0.905. The maximum Gasteiger partial charge on any atom is 0.340 e. The predicted octanol–water partition coefficient (Wildman–Crippen LogP) is 3.54. The summed E-state index contributed by atoms with van der Waals surface area (Å²) in [6.07, 6.45) is 6.14. The second kappa shape index (κ2) is 6.04. The van der Waals surface area contributed by atoms with Crippen LogP contribution >= 0.6 is 0 Å². The summed E-state index contributed by atoms with van der Waals surface area (Å²) < 4.78 is 13.6. The Balaban J connectivity index is 2.16. The van der Waals surface area contributed by atoms with Crippen molar-refractivity contribution in [3.05, 3.63) is 29.6 Å². The first kappa shape index (κ1) is 13.8. The summed E-state index contributed by atoms with van der Waals surface area (Å²) >= 11 is 0. The smallest absolute Gasteiger partial charge is 0.340 e. The molecule has 0 heterocycles. The van der Waals surface area contributed by atoms with Gasteiger partial charge in [-0.3, -0.25) is 0 Å². The Kier molecular flexibility index (Phi) is 4.40. The molecule has 1 aromatic carbocycles. The predicted molar refractivity (Wildman–Crippen MR) is 73.2 cm³/mol. The van der Waals surface area contributed by atoms with Gasteiger partial charge in [-0.05, 0) is 30.9 Å². The molecule has 2 rings (SSSR count). The van der Waals surface area contributed by atoms with Gasteiger partial charge in [-0.2, -0.15) is 0 Å². The molecule has 104 valence electrons. The third kappa shape index (κ3) is 3.25. The van der Waals surface area contributed by atoms with Crippen LogP contribution in [0.1, 0.15) is 42.5 Å². The number of anilines is 1. The SMILES string of the molecule is CN(CC1CCCCC1)c1cccc(F)c1C(=O)O. The van der Waals surface area contributed by atoms with E-state index in [0.717, 1.165) is 6.54 Å². The first-order chi connectivity index (χ1) is 9.09. The highest BCUT2D eigenvalue weighted by Crippen LogP contribution is 2.28. The summed E-state index contributed by atoms with van der Waals surface area (Å²) in [6, 6.07) is 4.44. The fraction of sp³-hybridized carbons (Fsp3) is 0.533. The topological polar surface area (TPSA) is 40.5 Å². The van der Waals surface area contributed by atoms with Crippen LogP contribution in [0.25, 0.3) is 0 Å². The molecule has 0 aromatic heterocycles. The highest BCUT2D eigenvalue weighted by molar-refractivity contribution is 5.94. The second-order valence-corrected chi connectivity index (χ2v) is 5.32. The molecule has 0 bridgehead atoms. The first-order valence-corrected chi connectivity index (χ1v) is 6.82.